The summed E-state index contributed by atoms with van der Waals surface area (Å²) in [5, 5.41) is -0.738. The molecule has 1 atom stereocenters. The first-order chi connectivity index (χ1) is 9.51. The highest BCUT2D eigenvalue weighted by molar-refractivity contribution is 7.92. The first kappa shape index (κ1) is 14.5. The van der Waals surface area contributed by atoms with Gasteiger partial charge in [-0.25, -0.2) is 8.42 Å². The third-order valence-corrected chi connectivity index (χ3v) is 5.33. The zero-order valence-corrected chi connectivity index (χ0v) is 12.0. The van der Waals surface area contributed by atoms with Crippen LogP contribution in [0.1, 0.15) is 23.7 Å². The maximum absolute atomic E-state index is 12.3. The van der Waals surface area contributed by atoms with Crippen LogP contribution >= 0.6 is 0 Å². The number of hydrogen-bond acceptors (Lipinski definition) is 3. The third-order valence-electron chi connectivity index (χ3n) is 3.17. The van der Waals surface area contributed by atoms with Crippen LogP contribution in [0.25, 0.3) is 0 Å². The zero-order valence-electron chi connectivity index (χ0n) is 11.2. The Labute approximate surface area is 119 Å². The van der Waals surface area contributed by atoms with Crippen molar-refractivity contribution < 1.29 is 13.2 Å². The van der Waals surface area contributed by atoms with Gasteiger partial charge in [0.1, 0.15) is 0 Å². The fraction of sp³-hybridized carbons (Fsp3) is 0.188. The summed E-state index contributed by atoms with van der Waals surface area (Å²) in [4.78, 5) is 12.3. The van der Waals surface area contributed by atoms with E-state index in [1.807, 2.05) is 6.07 Å². The molecule has 104 valence electrons. The van der Waals surface area contributed by atoms with Crippen molar-refractivity contribution in [1.82, 2.24) is 0 Å². The minimum absolute atomic E-state index is 0.0127. The highest BCUT2D eigenvalue weighted by atomic mass is 32.2. The number of carbonyl (C=O) groups is 1. The Hall–Kier alpha value is -1.94. The molecule has 2 rings (SSSR count). The smallest absolute Gasteiger partial charge is 0.181 e. The van der Waals surface area contributed by atoms with Gasteiger partial charge in [-0.1, -0.05) is 48.5 Å². The van der Waals surface area contributed by atoms with Gasteiger partial charge in [-0.3, -0.25) is 4.79 Å². The fourth-order valence-electron chi connectivity index (χ4n) is 1.96. The quantitative estimate of drug-likeness (QED) is 0.794. The molecule has 0 amide bonds. The van der Waals surface area contributed by atoms with E-state index in [2.05, 4.69) is 0 Å². The van der Waals surface area contributed by atoms with Gasteiger partial charge in [0.15, 0.2) is 15.6 Å². The van der Waals surface area contributed by atoms with Crippen LogP contribution in [-0.4, -0.2) is 19.5 Å². The molecule has 0 saturated carbocycles. The molecule has 3 nitrogen and oxygen atoms in total. The van der Waals surface area contributed by atoms with E-state index in [9.17, 15) is 13.2 Å². The Morgan fingerprint density at radius 2 is 1.45 bits per heavy atom. The van der Waals surface area contributed by atoms with Crippen molar-refractivity contribution in [3.63, 3.8) is 0 Å². The number of benzene rings is 2. The molecule has 0 aliphatic heterocycles. The lowest BCUT2D eigenvalue weighted by Crippen LogP contribution is -2.21. The molecule has 0 fully saturated rings. The van der Waals surface area contributed by atoms with E-state index in [-0.39, 0.29) is 17.1 Å². The number of Topliss-reactive ketones (excluding diaryl/α,β-unsaturated/α-hetero) is 1. The van der Waals surface area contributed by atoms with Crippen molar-refractivity contribution in [2.75, 3.05) is 0 Å². The predicted molar refractivity (Wildman–Crippen MR) is 78.5 cm³/mol. The lowest BCUT2D eigenvalue weighted by atomic mass is 10.1. The van der Waals surface area contributed by atoms with Crippen molar-refractivity contribution in [2.24, 2.45) is 0 Å². The summed E-state index contributed by atoms with van der Waals surface area (Å²) < 4.78 is 24.7. The Kier molecular flexibility index (Phi) is 4.35. The van der Waals surface area contributed by atoms with Crippen molar-refractivity contribution in [1.29, 1.82) is 0 Å². The maximum atomic E-state index is 12.3. The van der Waals surface area contributed by atoms with Crippen LogP contribution in [0.4, 0.5) is 0 Å². The zero-order chi connectivity index (χ0) is 14.6. The van der Waals surface area contributed by atoms with Gasteiger partial charge in [0.2, 0.25) is 0 Å². The lowest BCUT2D eigenvalue weighted by molar-refractivity contribution is 0.0982. The van der Waals surface area contributed by atoms with Gasteiger partial charge in [0, 0.05) is 12.0 Å². The van der Waals surface area contributed by atoms with Gasteiger partial charge < -0.3 is 0 Å². The molecule has 0 bridgehead atoms. The number of carbonyl (C=O) groups excluding carboxylic acids is 1. The minimum atomic E-state index is -3.46. The number of sulfone groups is 1. The lowest BCUT2D eigenvalue weighted by Gasteiger charge is -2.12. The molecule has 0 heterocycles. The average Bonchev–Trinajstić information content (AvgIpc) is 2.49. The molecule has 0 aliphatic carbocycles. The standard InChI is InChI=1S/C16H16O3S/c1-13(12-16(17)14-8-4-2-5-9-14)20(18,19)15-10-6-3-7-11-15/h2-11,13H,12H2,1H3. The molecule has 2 aromatic carbocycles. The Morgan fingerprint density at radius 3 is 2.00 bits per heavy atom. The minimum Gasteiger partial charge on any atom is -0.294 e. The predicted octanol–water partition coefficient (Wildman–Crippen LogP) is 3.12. The average molecular weight is 288 g/mol. The van der Waals surface area contributed by atoms with Crippen LogP contribution in [0.2, 0.25) is 0 Å². The molecule has 20 heavy (non-hydrogen) atoms. The largest absolute Gasteiger partial charge is 0.294 e. The second-order valence-corrected chi connectivity index (χ2v) is 7.03. The van der Waals surface area contributed by atoms with E-state index in [4.69, 9.17) is 0 Å². The van der Waals surface area contributed by atoms with E-state index in [1.165, 1.54) is 0 Å². The monoisotopic (exact) mass is 288 g/mol. The second kappa shape index (κ2) is 6.01. The van der Waals surface area contributed by atoms with Gasteiger partial charge in [-0.15, -0.1) is 0 Å². The van der Waals surface area contributed by atoms with Gasteiger partial charge in [-0.05, 0) is 19.1 Å². The van der Waals surface area contributed by atoms with Gasteiger partial charge in [-0.2, -0.15) is 0 Å². The molecule has 4 heteroatoms. The normalized spacial score (nSPS) is 12.8. The summed E-state index contributed by atoms with van der Waals surface area (Å²) >= 11 is 0. The molecular formula is C16H16O3S. The molecule has 0 saturated heterocycles. The van der Waals surface area contributed by atoms with Crippen molar-refractivity contribution in [2.45, 2.75) is 23.5 Å². The van der Waals surface area contributed by atoms with Crippen LogP contribution in [0, 0.1) is 0 Å². The van der Waals surface area contributed by atoms with E-state index in [1.54, 1.807) is 61.5 Å². The van der Waals surface area contributed by atoms with Crippen LogP contribution in [0.5, 0.6) is 0 Å². The van der Waals surface area contributed by atoms with E-state index < -0.39 is 15.1 Å². The van der Waals surface area contributed by atoms with Crippen molar-refractivity contribution >= 4 is 15.6 Å². The van der Waals surface area contributed by atoms with E-state index in [0.29, 0.717) is 5.56 Å². The number of rotatable bonds is 5. The summed E-state index contributed by atoms with van der Waals surface area (Å²) in [7, 11) is -3.46. The van der Waals surface area contributed by atoms with Crippen molar-refractivity contribution in [3.8, 4) is 0 Å². The number of ketones is 1. The van der Waals surface area contributed by atoms with Crippen molar-refractivity contribution in [3.05, 3.63) is 66.2 Å². The van der Waals surface area contributed by atoms with Gasteiger partial charge in [0.25, 0.3) is 0 Å². The third kappa shape index (κ3) is 3.14. The molecule has 2 aromatic rings. The topological polar surface area (TPSA) is 51.2 Å². The molecule has 0 aromatic heterocycles. The van der Waals surface area contributed by atoms with E-state index in [0.717, 1.165) is 0 Å². The van der Waals surface area contributed by atoms with Crippen LogP contribution in [-0.2, 0) is 9.84 Å². The Morgan fingerprint density at radius 1 is 0.950 bits per heavy atom. The molecule has 0 N–H and O–H groups in total. The highest BCUT2D eigenvalue weighted by Gasteiger charge is 2.25. The summed E-state index contributed by atoms with van der Waals surface area (Å²) in [6.07, 6.45) is -0.0127. The number of hydrogen-bond donors (Lipinski definition) is 0. The molecule has 0 spiro atoms. The van der Waals surface area contributed by atoms with Crippen LogP contribution < -0.4 is 0 Å². The molecule has 0 aliphatic rings. The molecule has 0 radical (unpaired) electrons. The summed E-state index contributed by atoms with van der Waals surface area (Å²) in [6.45, 7) is 1.57. The molecular weight excluding hydrogens is 272 g/mol. The Bertz CT molecular complexity index is 676. The van der Waals surface area contributed by atoms with Gasteiger partial charge >= 0.3 is 0 Å². The summed E-state index contributed by atoms with van der Waals surface area (Å²) in [5.41, 5.74) is 0.544. The summed E-state index contributed by atoms with van der Waals surface area (Å²) in [6, 6.07) is 17.0. The SMILES string of the molecule is CC(CC(=O)c1ccccc1)S(=O)(=O)c1ccccc1. The first-order valence-electron chi connectivity index (χ1n) is 6.39. The highest BCUT2D eigenvalue weighted by Crippen LogP contribution is 2.19. The van der Waals surface area contributed by atoms with Crippen LogP contribution in [0.15, 0.2) is 65.6 Å². The maximum Gasteiger partial charge on any atom is 0.181 e. The van der Waals surface area contributed by atoms with Crippen LogP contribution in [0.3, 0.4) is 0 Å². The first-order valence-corrected chi connectivity index (χ1v) is 7.93. The van der Waals surface area contributed by atoms with Gasteiger partial charge in [0.05, 0.1) is 10.1 Å². The second-order valence-electron chi connectivity index (χ2n) is 4.66. The fourth-order valence-corrected chi connectivity index (χ4v) is 3.33. The van der Waals surface area contributed by atoms with E-state index >= 15 is 0 Å². The summed E-state index contributed by atoms with van der Waals surface area (Å²) in [5.74, 6) is -0.155. The Balaban J connectivity index is 2.17. The molecule has 1 unspecified atom stereocenters.